The van der Waals surface area contributed by atoms with Gasteiger partial charge in [0.2, 0.25) is 0 Å². The molecule has 0 aromatic heterocycles. The third-order valence-electron chi connectivity index (χ3n) is 4.59. The summed E-state index contributed by atoms with van der Waals surface area (Å²) in [5, 5.41) is 0. The number of ether oxygens (including phenoxy) is 1. The lowest BCUT2D eigenvalue weighted by atomic mass is 10.0. The molecule has 6 nitrogen and oxygen atoms in total. The van der Waals surface area contributed by atoms with Crippen molar-refractivity contribution in [2.75, 3.05) is 0 Å². The molecule has 0 atom stereocenters. The molecular formula is C19H23NO5S. The Hall–Kier alpha value is -2.15. The fourth-order valence-electron chi connectivity index (χ4n) is 2.95. The second-order valence-electron chi connectivity index (χ2n) is 7.97. The molecule has 1 saturated carbocycles. The largest absolute Gasteiger partial charge is 0.443 e. The van der Waals surface area contributed by atoms with Crippen LogP contribution in [0.1, 0.15) is 45.6 Å². The quantitative estimate of drug-likeness (QED) is 0.804. The molecule has 140 valence electrons. The number of carbonyl (C=O) groups excluding carboxylic acids is 2. The van der Waals surface area contributed by atoms with Crippen LogP contribution < -0.4 is 0 Å². The van der Waals surface area contributed by atoms with E-state index in [4.69, 9.17) is 4.74 Å². The first-order valence-electron chi connectivity index (χ1n) is 8.56. The topological polar surface area (TPSA) is 80.8 Å². The lowest BCUT2D eigenvalue weighted by Crippen LogP contribution is -2.42. The van der Waals surface area contributed by atoms with E-state index in [-0.39, 0.29) is 16.4 Å². The van der Waals surface area contributed by atoms with Crippen molar-refractivity contribution in [1.29, 1.82) is 0 Å². The standard InChI is InChI=1S/C19H23NO5S/c1-13-5-7-14(8-6-13)26(23,24)20(17(22)25-18(2,3)4)15-9-10-19(11-12-19)16(15)21/h5-9H,10-12H2,1-4H3. The summed E-state index contributed by atoms with van der Waals surface area (Å²) in [6.07, 6.45) is 2.39. The number of amides is 1. The summed E-state index contributed by atoms with van der Waals surface area (Å²) in [4.78, 5) is 25.4. The highest BCUT2D eigenvalue weighted by molar-refractivity contribution is 7.89. The second kappa shape index (κ2) is 5.94. The maximum Gasteiger partial charge on any atom is 0.429 e. The van der Waals surface area contributed by atoms with Gasteiger partial charge >= 0.3 is 6.09 Å². The maximum absolute atomic E-state index is 13.2. The summed E-state index contributed by atoms with van der Waals surface area (Å²) in [5.74, 6) is -0.293. The average Bonchev–Trinajstić information content (AvgIpc) is 3.23. The van der Waals surface area contributed by atoms with Gasteiger partial charge in [-0.3, -0.25) is 4.79 Å². The molecule has 1 amide bonds. The summed E-state index contributed by atoms with van der Waals surface area (Å²) < 4.78 is 32.2. The number of rotatable bonds is 3. The summed E-state index contributed by atoms with van der Waals surface area (Å²) in [5.41, 5.74) is -0.617. The number of Topliss-reactive ketones (excluding diaryl/α,β-unsaturated/α-hetero) is 1. The molecule has 0 heterocycles. The van der Waals surface area contributed by atoms with Crippen LogP contribution in [0.15, 0.2) is 40.9 Å². The van der Waals surface area contributed by atoms with E-state index in [0.29, 0.717) is 10.7 Å². The fraction of sp³-hybridized carbons (Fsp3) is 0.474. The molecule has 0 unspecified atom stereocenters. The van der Waals surface area contributed by atoms with Crippen molar-refractivity contribution >= 4 is 21.9 Å². The van der Waals surface area contributed by atoms with Crippen LogP contribution >= 0.6 is 0 Å². The zero-order valence-electron chi connectivity index (χ0n) is 15.4. The molecule has 0 bridgehead atoms. The summed E-state index contributed by atoms with van der Waals surface area (Å²) >= 11 is 0. The number of hydrogen-bond donors (Lipinski definition) is 0. The minimum absolute atomic E-state index is 0.0561. The van der Waals surface area contributed by atoms with Gasteiger partial charge in [-0.1, -0.05) is 23.8 Å². The molecule has 1 aromatic carbocycles. The van der Waals surface area contributed by atoms with Crippen LogP contribution in [0.3, 0.4) is 0 Å². The highest BCUT2D eigenvalue weighted by Gasteiger charge is 2.56. The van der Waals surface area contributed by atoms with Crippen LogP contribution in [0.2, 0.25) is 0 Å². The number of aryl methyl sites for hydroxylation is 1. The van der Waals surface area contributed by atoms with Gasteiger partial charge in [-0.2, -0.15) is 4.31 Å². The van der Waals surface area contributed by atoms with Gasteiger partial charge in [0.25, 0.3) is 10.0 Å². The molecule has 1 spiro atoms. The van der Waals surface area contributed by atoms with Gasteiger partial charge < -0.3 is 4.74 Å². The SMILES string of the molecule is Cc1ccc(S(=O)(=O)N(C(=O)OC(C)(C)C)C2=CCC3(CC3)C2=O)cc1. The Morgan fingerprint density at radius 2 is 1.73 bits per heavy atom. The Labute approximate surface area is 153 Å². The summed E-state index contributed by atoms with van der Waals surface area (Å²) in [6, 6.07) is 6.14. The van der Waals surface area contributed by atoms with Crippen molar-refractivity contribution < 1.29 is 22.7 Å². The van der Waals surface area contributed by atoms with E-state index < -0.39 is 27.1 Å². The number of benzene rings is 1. The first kappa shape index (κ1) is 18.6. The second-order valence-corrected chi connectivity index (χ2v) is 9.75. The Morgan fingerprint density at radius 3 is 2.19 bits per heavy atom. The van der Waals surface area contributed by atoms with Crippen molar-refractivity contribution in [2.45, 2.75) is 57.5 Å². The molecule has 0 saturated heterocycles. The maximum atomic E-state index is 13.2. The van der Waals surface area contributed by atoms with Crippen molar-refractivity contribution in [1.82, 2.24) is 4.31 Å². The molecular weight excluding hydrogens is 354 g/mol. The van der Waals surface area contributed by atoms with Gasteiger partial charge in [0.05, 0.1) is 4.90 Å². The van der Waals surface area contributed by atoms with E-state index in [1.54, 1.807) is 39.0 Å². The molecule has 0 radical (unpaired) electrons. The van der Waals surface area contributed by atoms with Crippen LogP contribution in [-0.4, -0.2) is 30.2 Å². The monoisotopic (exact) mass is 377 g/mol. The Kier molecular flexibility index (Phi) is 4.26. The predicted molar refractivity (Wildman–Crippen MR) is 95.8 cm³/mol. The smallest absolute Gasteiger partial charge is 0.429 e. The highest BCUT2D eigenvalue weighted by Crippen LogP contribution is 2.55. The van der Waals surface area contributed by atoms with Crippen molar-refractivity contribution in [3.8, 4) is 0 Å². The van der Waals surface area contributed by atoms with E-state index in [1.165, 1.54) is 12.1 Å². The Balaban J connectivity index is 2.04. The van der Waals surface area contributed by atoms with E-state index in [0.717, 1.165) is 18.4 Å². The van der Waals surface area contributed by atoms with Crippen LogP contribution in [0.4, 0.5) is 4.79 Å². The number of ketones is 1. The Bertz CT molecular complexity index is 887. The molecule has 1 aromatic rings. The zero-order valence-corrected chi connectivity index (χ0v) is 16.2. The van der Waals surface area contributed by atoms with Crippen LogP contribution in [0, 0.1) is 12.3 Å². The average molecular weight is 377 g/mol. The molecule has 0 N–H and O–H groups in total. The minimum Gasteiger partial charge on any atom is -0.443 e. The fourth-order valence-corrected chi connectivity index (χ4v) is 4.29. The minimum atomic E-state index is -4.26. The number of allylic oxidation sites excluding steroid dienone is 2. The number of carbonyl (C=O) groups is 2. The van der Waals surface area contributed by atoms with Crippen molar-refractivity contribution in [3.05, 3.63) is 41.6 Å². The first-order valence-corrected chi connectivity index (χ1v) is 10.0. The molecule has 2 aliphatic carbocycles. The molecule has 1 fully saturated rings. The van der Waals surface area contributed by atoms with E-state index in [2.05, 4.69) is 0 Å². The number of hydrogen-bond acceptors (Lipinski definition) is 5. The number of nitrogens with zero attached hydrogens (tertiary/aromatic N) is 1. The summed E-state index contributed by atoms with van der Waals surface area (Å²) in [7, 11) is -4.26. The number of sulfonamides is 1. The van der Waals surface area contributed by atoms with Gasteiger partial charge in [0, 0.05) is 5.41 Å². The summed E-state index contributed by atoms with van der Waals surface area (Å²) in [6.45, 7) is 6.78. The third kappa shape index (κ3) is 3.28. The van der Waals surface area contributed by atoms with E-state index in [1.807, 2.05) is 6.92 Å². The predicted octanol–water partition coefficient (Wildman–Crippen LogP) is 3.56. The Morgan fingerprint density at radius 1 is 1.15 bits per heavy atom. The molecule has 26 heavy (non-hydrogen) atoms. The lowest BCUT2D eigenvalue weighted by Gasteiger charge is -2.27. The normalized spacial score (nSPS) is 18.6. The van der Waals surface area contributed by atoms with Gasteiger partial charge in [-0.05, 0) is 59.1 Å². The highest BCUT2D eigenvalue weighted by atomic mass is 32.2. The molecule has 2 aliphatic rings. The first-order chi connectivity index (χ1) is 12.0. The van der Waals surface area contributed by atoms with Gasteiger partial charge in [0.1, 0.15) is 11.3 Å². The molecule has 3 rings (SSSR count). The molecule has 0 aliphatic heterocycles. The molecule has 7 heteroatoms. The zero-order chi connectivity index (χ0) is 19.3. The van der Waals surface area contributed by atoms with Gasteiger partial charge in [-0.15, -0.1) is 0 Å². The van der Waals surface area contributed by atoms with Crippen molar-refractivity contribution in [3.63, 3.8) is 0 Å². The van der Waals surface area contributed by atoms with Gasteiger partial charge in [-0.25, -0.2) is 13.2 Å². The lowest BCUT2D eigenvalue weighted by molar-refractivity contribution is -0.120. The van der Waals surface area contributed by atoms with Crippen LogP contribution in [0.25, 0.3) is 0 Å². The van der Waals surface area contributed by atoms with E-state index in [9.17, 15) is 18.0 Å². The van der Waals surface area contributed by atoms with Crippen molar-refractivity contribution in [2.24, 2.45) is 5.41 Å². The van der Waals surface area contributed by atoms with Crippen LogP contribution in [0.5, 0.6) is 0 Å². The van der Waals surface area contributed by atoms with E-state index >= 15 is 0 Å². The van der Waals surface area contributed by atoms with Gasteiger partial charge in [0.15, 0.2) is 5.78 Å². The van der Waals surface area contributed by atoms with Crippen LogP contribution in [-0.2, 0) is 19.6 Å². The third-order valence-corrected chi connectivity index (χ3v) is 6.29.